The third-order valence-electron chi connectivity index (χ3n) is 7.42. The molecule has 2 unspecified atom stereocenters. The Bertz CT molecular complexity index is 1140. The van der Waals surface area contributed by atoms with Crippen LogP contribution in [0.2, 0.25) is 0 Å². The molecule has 2 saturated heterocycles. The van der Waals surface area contributed by atoms with Gasteiger partial charge in [0.15, 0.2) is 11.4 Å². The monoisotopic (exact) mass is 432 g/mol. The van der Waals surface area contributed by atoms with Gasteiger partial charge in [0.25, 0.3) is 0 Å². The molecule has 3 N–H and O–H groups in total. The van der Waals surface area contributed by atoms with Crippen molar-refractivity contribution in [3.63, 3.8) is 0 Å². The van der Waals surface area contributed by atoms with Gasteiger partial charge in [0.05, 0.1) is 17.5 Å². The fraction of sp³-hybridized carbons (Fsp3) is 0.520. The van der Waals surface area contributed by atoms with E-state index in [-0.39, 0.29) is 11.7 Å². The number of ketones is 1. The lowest BCUT2D eigenvalue weighted by molar-refractivity contribution is 0.101. The molecule has 5 rings (SSSR count). The van der Waals surface area contributed by atoms with E-state index >= 15 is 0 Å². The highest BCUT2D eigenvalue weighted by molar-refractivity contribution is 6.00. The number of Topliss-reactive ketones (excluding diaryl/α,β-unsaturated/α-hetero) is 1. The van der Waals surface area contributed by atoms with Gasteiger partial charge < -0.3 is 11.1 Å². The number of piperidine rings is 1. The minimum atomic E-state index is -0.0500. The Morgan fingerprint density at radius 2 is 1.91 bits per heavy atom. The zero-order valence-electron chi connectivity index (χ0n) is 19.1. The fourth-order valence-corrected chi connectivity index (χ4v) is 5.69. The van der Waals surface area contributed by atoms with Crippen LogP contribution in [0.25, 0.3) is 16.8 Å². The molecule has 0 saturated carbocycles. The molecule has 0 spiro atoms. The second-order valence-electron chi connectivity index (χ2n) is 9.40. The van der Waals surface area contributed by atoms with Crippen molar-refractivity contribution in [2.75, 3.05) is 5.73 Å². The van der Waals surface area contributed by atoms with Gasteiger partial charge >= 0.3 is 0 Å². The molecule has 3 aromatic heterocycles. The Labute approximate surface area is 188 Å². The Balaban J connectivity index is 1.60. The summed E-state index contributed by atoms with van der Waals surface area (Å²) >= 11 is 0. The summed E-state index contributed by atoms with van der Waals surface area (Å²) in [4.78, 5) is 22.4. The Kier molecular flexibility index (Phi) is 5.45. The number of hydrogen-bond acceptors (Lipinski definition) is 6. The van der Waals surface area contributed by atoms with Crippen molar-refractivity contribution in [3.05, 3.63) is 41.5 Å². The molecule has 32 heavy (non-hydrogen) atoms. The number of aromatic nitrogens is 4. The van der Waals surface area contributed by atoms with Crippen molar-refractivity contribution in [1.29, 1.82) is 0 Å². The third kappa shape index (κ3) is 3.48. The lowest BCUT2D eigenvalue weighted by Gasteiger charge is -2.30. The first kappa shape index (κ1) is 21.1. The number of nitrogen functional groups attached to an aromatic ring is 1. The first-order valence-electron chi connectivity index (χ1n) is 11.9. The van der Waals surface area contributed by atoms with E-state index in [4.69, 9.17) is 15.7 Å². The standard InChI is InChI=1S/C25H32N6O/c1-4-15(5-2)21-9-6-16(12-27-21)20-13-28-31-24(26)22(14(3)32)23(30-25(20)31)17-10-18-7-8-19(11-17)29-18/h6,9,12-13,15,17-19,29H,4-5,7-8,10-11,26H2,1-3H3/t17?,18-,19?/m1/s1. The number of hydrogen-bond donors (Lipinski definition) is 2. The lowest BCUT2D eigenvalue weighted by Crippen LogP contribution is -2.38. The molecule has 2 aliphatic heterocycles. The smallest absolute Gasteiger partial charge is 0.165 e. The van der Waals surface area contributed by atoms with Gasteiger partial charge in [-0.2, -0.15) is 9.61 Å². The van der Waals surface area contributed by atoms with Crippen LogP contribution in [-0.2, 0) is 0 Å². The van der Waals surface area contributed by atoms with Gasteiger partial charge in [0.1, 0.15) is 5.82 Å². The van der Waals surface area contributed by atoms with E-state index in [2.05, 4.69) is 36.4 Å². The molecule has 3 atom stereocenters. The summed E-state index contributed by atoms with van der Waals surface area (Å²) in [6.07, 6.45) is 10.2. The van der Waals surface area contributed by atoms with Gasteiger partial charge in [0, 0.05) is 46.9 Å². The second-order valence-corrected chi connectivity index (χ2v) is 9.40. The van der Waals surface area contributed by atoms with Crippen LogP contribution in [0, 0.1) is 0 Å². The number of fused-ring (bicyclic) bond motifs is 3. The predicted octanol–water partition coefficient (Wildman–Crippen LogP) is 4.48. The van der Waals surface area contributed by atoms with Crippen molar-refractivity contribution in [3.8, 4) is 11.1 Å². The average molecular weight is 433 g/mol. The zero-order chi connectivity index (χ0) is 22.4. The lowest BCUT2D eigenvalue weighted by atomic mass is 9.86. The van der Waals surface area contributed by atoms with E-state index in [1.807, 2.05) is 6.20 Å². The fourth-order valence-electron chi connectivity index (χ4n) is 5.69. The van der Waals surface area contributed by atoms with Crippen LogP contribution in [-0.4, -0.2) is 37.4 Å². The molecule has 3 aromatic rings. The molecule has 168 valence electrons. The molecular formula is C25H32N6O. The number of anilines is 1. The summed E-state index contributed by atoms with van der Waals surface area (Å²) in [7, 11) is 0. The van der Waals surface area contributed by atoms with E-state index in [0.29, 0.717) is 35.0 Å². The van der Waals surface area contributed by atoms with E-state index in [9.17, 15) is 4.79 Å². The quantitative estimate of drug-likeness (QED) is 0.558. The molecular weight excluding hydrogens is 400 g/mol. The number of pyridine rings is 1. The van der Waals surface area contributed by atoms with Gasteiger partial charge in [-0.3, -0.25) is 9.78 Å². The maximum atomic E-state index is 12.6. The number of nitrogens with two attached hydrogens (primary N) is 1. The third-order valence-corrected chi connectivity index (χ3v) is 7.42. The molecule has 5 heterocycles. The molecule has 0 amide bonds. The predicted molar refractivity (Wildman–Crippen MR) is 126 cm³/mol. The number of carbonyl (C=O) groups is 1. The summed E-state index contributed by atoms with van der Waals surface area (Å²) in [5.74, 6) is 1.04. The summed E-state index contributed by atoms with van der Waals surface area (Å²) in [6, 6.07) is 5.21. The SMILES string of the molecule is CCC(CC)c1ccc(-c2cnn3c(N)c(C(C)=O)c(C4CC5CC[C@H](C4)N5)nc23)cn1. The second kappa shape index (κ2) is 8.28. The van der Waals surface area contributed by atoms with E-state index < -0.39 is 0 Å². The summed E-state index contributed by atoms with van der Waals surface area (Å²) in [6.45, 7) is 5.97. The normalized spacial score (nSPS) is 22.7. The van der Waals surface area contributed by atoms with E-state index in [1.165, 1.54) is 12.8 Å². The molecule has 7 nitrogen and oxygen atoms in total. The molecule has 0 aliphatic carbocycles. The topological polar surface area (TPSA) is 98.2 Å². The number of rotatable bonds is 6. The molecule has 2 aliphatic rings. The summed E-state index contributed by atoms with van der Waals surface area (Å²) in [5.41, 5.74) is 11.6. The van der Waals surface area contributed by atoms with Crippen LogP contribution in [0.4, 0.5) is 5.82 Å². The number of carbonyl (C=O) groups excluding carboxylic acids is 1. The highest BCUT2D eigenvalue weighted by Gasteiger charge is 2.37. The van der Waals surface area contributed by atoms with Gasteiger partial charge in [-0.05, 0) is 51.5 Å². The first-order valence-corrected chi connectivity index (χ1v) is 11.9. The van der Waals surface area contributed by atoms with Crippen LogP contribution >= 0.6 is 0 Å². The van der Waals surface area contributed by atoms with E-state index in [1.54, 1.807) is 17.6 Å². The number of nitrogens with one attached hydrogen (secondary N) is 1. The largest absolute Gasteiger partial charge is 0.383 e. The average Bonchev–Trinajstić information content (AvgIpc) is 3.37. The number of nitrogens with zero attached hydrogens (tertiary/aromatic N) is 4. The van der Waals surface area contributed by atoms with Gasteiger partial charge in [-0.25, -0.2) is 4.98 Å². The van der Waals surface area contributed by atoms with Gasteiger partial charge in [-0.1, -0.05) is 19.9 Å². The van der Waals surface area contributed by atoms with E-state index in [0.717, 1.165) is 48.2 Å². The first-order chi connectivity index (χ1) is 15.5. The van der Waals surface area contributed by atoms with Crippen LogP contribution in [0.15, 0.2) is 24.5 Å². The maximum absolute atomic E-state index is 12.6. The van der Waals surface area contributed by atoms with Crippen LogP contribution in [0.3, 0.4) is 0 Å². The maximum Gasteiger partial charge on any atom is 0.165 e. The van der Waals surface area contributed by atoms with Crippen molar-refractivity contribution < 1.29 is 4.79 Å². The van der Waals surface area contributed by atoms with Crippen molar-refractivity contribution >= 4 is 17.2 Å². The van der Waals surface area contributed by atoms with Gasteiger partial charge in [-0.15, -0.1) is 0 Å². The van der Waals surface area contributed by atoms with Crippen LogP contribution in [0.5, 0.6) is 0 Å². The molecule has 2 bridgehead atoms. The Morgan fingerprint density at radius 1 is 1.19 bits per heavy atom. The minimum Gasteiger partial charge on any atom is -0.383 e. The van der Waals surface area contributed by atoms with Crippen LogP contribution < -0.4 is 11.1 Å². The minimum absolute atomic E-state index is 0.0500. The highest BCUT2D eigenvalue weighted by Crippen LogP contribution is 2.40. The molecule has 0 aromatic carbocycles. The van der Waals surface area contributed by atoms with Crippen molar-refractivity contribution in [1.82, 2.24) is 24.9 Å². The van der Waals surface area contributed by atoms with Crippen molar-refractivity contribution in [2.24, 2.45) is 0 Å². The zero-order valence-corrected chi connectivity index (χ0v) is 19.1. The molecule has 2 fully saturated rings. The van der Waals surface area contributed by atoms with Crippen LogP contribution in [0.1, 0.15) is 92.9 Å². The summed E-state index contributed by atoms with van der Waals surface area (Å²) in [5, 5.41) is 8.17. The summed E-state index contributed by atoms with van der Waals surface area (Å²) < 4.78 is 1.61. The van der Waals surface area contributed by atoms with Crippen molar-refractivity contribution in [2.45, 2.75) is 83.2 Å². The molecule has 0 radical (unpaired) electrons. The molecule has 7 heteroatoms. The highest BCUT2D eigenvalue weighted by atomic mass is 16.1. The Morgan fingerprint density at radius 3 is 2.50 bits per heavy atom. The van der Waals surface area contributed by atoms with Gasteiger partial charge in [0.2, 0.25) is 0 Å². The Hall–Kier alpha value is -2.80.